The second-order valence-electron chi connectivity index (χ2n) is 4.78. The van der Waals surface area contributed by atoms with Crippen molar-refractivity contribution in [2.45, 2.75) is 0 Å². The molecule has 0 N–H and O–H groups in total. The fourth-order valence-corrected chi connectivity index (χ4v) is 2.98. The molecule has 1 heterocycles. The highest BCUT2D eigenvalue weighted by atomic mass is 79.9. The van der Waals surface area contributed by atoms with Gasteiger partial charge < -0.3 is 4.74 Å². The molecular weight excluding hydrogens is 322 g/mol. The maximum Gasteiger partial charge on any atom is 0.337 e. The Morgan fingerprint density at radius 1 is 1.30 bits per heavy atom. The molecule has 0 aromatic carbocycles. The molecule has 0 aromatic rings. The van der Waals surface area contributed by atoms with E-state index in [2.05, 4.69) is 21.2 Å². The summed E-state index contributed by atoms with van der Waals surface area (Å²) in [5, 5.41) is 4.01. The Morgan fingerprint density at radius 2 is 2.05 bits per heavy atom. The van der Waals surface area contributed by atoms with E-state index in [1.54, 1.807) is 12.2 Å². The minimum atomic E-state index is -0.442. The Labute approximate surface area is 124 Å². The van der Waals surface area contributed by atoms with Crippen LogP contribution in [0.1, 0.15) is 0 Å². The van der Waals surface area contributed by atoms with Crippen molar-refractivity contribution >= 4 is 27.8 Å². The number of methoxy groups -OCH3 is 1. The molecule has 4 nitrogen and oxygen atoms in total. The first-order valence-electron chi connectivity index (χ1n) is 6.07. The minimum absolute atomic E-state index is 0.269. The smallest absolute Gasteiger partial charge is 0.337 e. The Bertz CT molecular complexity index is 667. The summed E-state index contributed by atoms with van der Waals surface area (Å²) in [5.74, 6) is -0.685. The molecule has 0 saturated heterocycles. The lowest BCUT2D eigenvalue weighted by Gasteiger charge is -2.39. The highest BCUT2D eigenvalue weighted by Gasteiger charge is 2.42. The average Bonchev–Trinajstić information content (AvgIpc) is 2.44. The van der Waals surface area contributed by atoms with E-state index in [1.165, 1.54) is 13.2 Å². The first-order valence-corrected chi connectivity index (χ1v) is 6.87. The molecule has 5 heteroatoms. The normalized spacial score (nSPS) is 27.2. The van der Waals surface area contributed by atoms with E-state index < -0.39 is 11.4 Å². The van der Waals surface area contributed by atoms with Crippen LogP contribution in [0, 0.1) is 5.41 Å². The zero-order valence-electron chi connectivity index (χ0n) is 10.7. The molecule has 1 aliphatic heterocycles. The van der Waals surface area contributed by atoms with E-state index in [0.29, 0.717) is 12.1 Å². The maximum absolute atomic E-state index is 11.8. The first kappa shape index (κ1) is 13.1. The molecule has 1 radical (unpaired) electrons. The summed E-state index contributed by atoms with van der Waals surface area (Å²) in [6, 6.07) is 0. The second kappa shape index (κ2) is 4.59. The average molecular weight is 333 g/mol. The summed E-state index contributed by atoms with van der Waals surface area (Å²) < 4.78 is 5.68. The van der Waals surface area contributed by atoms with Crippen molar-refractivity contribution in [2.24, 2.45) is 5.41 Å². The van der Waals surface area contributed by atoms with E-state index in [-0.39, 0.29) is 5.91 Å². The molecular formula is C15H11BrNO3. The van der Waals surface area contributed by atoms with Crippen molar-refractivity contribution in [3.63, 3.8) is 0 Å². The van der Waals surface area contributed by atoms with Crippen LogP contribution < -0.4 is 5.32 Å². The van der Waals surface area contributed by atoms with E-state index in [9.17, 15) is 9.59 Å². The van der Waals surface area contributed by atoms with Crippen LogP contribution in [0.5, 0.6) is 0 Å². The number of ether oxygens (including phenoxy) is 1. The van der Waals surface area contributed by atoms with Crippen molar-refractivity contribution in [1.82, 2.24) is 5.32 Å². The lowest BCUT2D eigenvalue weighted by atomic mass is 9.66. The van der Waals surface area contributed by atoms with Crippen LogP contribution in [-0.4, -0.2) is 25.5 Å². The fourth-order valence-electron chi connectivity index (χ4n) is 2.61. The van der Waals surface area contributed by atoms with Crippen LogP contribution in [0.2, 0.25) is 0 Å². The molecule has 1 spiro atoms. The third kappa shape index (κ3) is 1.89. The summed E-state index contributed by atoms with van der Waals surface area (Å²) in [7, 11) is 1.34. The number of nitrogens with zero attached hydrogens (tertiary/aromatic N) is 1. The Kier molecular flexibility index (Phi) is 3.01. The van der Waals surface area contributed by atoms with Gasteiger partial charge in [-0.05, 0) is 29.4 Å². The predicted molar refractivity (Wildman–Crippen MR) is 76.9 cm³/mol. The Hall–Kier alpha value is -1.88. The quantitative estimate of drug-likeness (QED) is 0.689. The number of allylic oxidation sites excluding steroid dienone is 4. The van der Waals surface area contributed by atoms with Gasteiger partial charge in [0.1, 0.15) is 0 Å². The molecule has 3 rings (SSSR count). The van der Waals surface area contributed by atoms with Crippen molar-refractivity contribution in [2.75, 3.05) is 13.7 Å². The number of carbonyl (C=O) groups excluding carboxylic acids is 2. The number of amides is 1. The van der Waals surface area contributed by atoms with E-state index >= 15 is 0 Å². The third-order valence-corrected chi connectivity index (χ3v) is 4.15. The number of halogens is 1. The van der Waals surface area contributed by atoms with Crippen LogP contribution >= 0.6 is 15.9 Å². The van der Waals surface area contributed by atoms with Gasteiger partial charge in [0.25, 0.3) is 5.91 Å². The molecule has 1 atom stereocenters. The summed E-state index contributed by atoms with van der Waals surface area (Å²) in [4.78, 5) is 23.3. The van der Waals surface area contributed by atoms with Crippen molar-refractivity contribution in [3.8, 4) is 0 Å². The molecule has 0 bridgehead atoms. The van der Waals surface area contributed by atoms with Crippen LogP contribution in [-0.2, 0) is 14.3 Å². The molecule has 3 aliphatic rings. The van der Waals surface area contributed by atoms with Crippen LogP contribution in [0.25, 0.3) is 0 Å². The summed E-state index contributed by atoms with van der Waals surface area (Å²) in [6.45, 7) is 0.363. The van der Waals surface area contributed by atoms with Gasteiger partial charge in [-0.15, -0.1) is 0 Å². The van der Waals surface area contributed by atoms with Crippen LogP contribution in [0.4, 0.5) is 0 Å². The van der Waals surface area contributed by atoms with Crippen molar-refractivity contribution in [1.29, 1.82) is 0 Å². The molecule has 101 valence electrons. The SMILES string of the molecule is COC(=O)C1=CC2=CC(=O)[N]CC23C=CC(Br)=CC3=C1. The monoisotopic (exact) mass is 332 g/mol. The highest BCUT2D eigenvalue weighted by Crippen LogP contribution is 2.47. The third-order valence-electron chi connectivity index (χ3n) is 3.66. The largest absolute Gasteiger partial charge is 0.465 e. The van der Waals surface area contributed by atoms with Crippen LogP contribution in [0.3, 0.4) is 0 Å². The van der Waals surface area contributed by atoms with Crippen molar-refractivity contribution < 1.29 is 14.3 Å². The van der Waals surface area contributed by atoms with E-state index in [4.69, 9.17) is 4.74 Å². The minimum Gasteiger partial charge on any atom is -0.465 e. The zero-order chi connectivity index (χ0) is 14.3. The molecule has 20 heavy (non-hydrogen) atoms. The number of rotatable bonds is 1. The summed E-state index contributed by atoms with van der Waals surface area (Å²) >= 11 is 3.43. The molecule has 0 aromatic heterocycles. The van der Waals surface area contributed by atoms with Gasteiger partial charge in [-0.3, -0.25) is 4.79 Å². The van der Waals surface area contributed by atoms with Gasteiger partial charge in [-0.25, -0.2) is 10.1 Å². The number of hydrogen-bond donors (Lipinski definition) is 0. The lowest BCUT2D eigenvalue weighted by molar-refractivity contribution is -0.135. The fraction of sp³-hybridized carbons (Fsp3) is 0.200. The Morgan fingerprint density at radius 3 is 2.80 bits per heavy atom. The molecule has 0 fully saturated rings. The van der Waals surface area contributed by atoms with Gasteiger partial charge >= 0.3 is 5.97 Å². The molecule has 1 amide bonds. The topological polar surface area (TPSA) is 57.5 Å². The number of hydrogen-bond acceptors (Lipinski definition) is 3. The molecule has 1 unspecified atom stereocenters. The summed E-state index contributed by atoms with van der Waals surface area (Å²) in [6.07, 6.45) is 10.9. The Balaban J connectivity index is 2.18. The molecule has 2 aliphatic carbocycles. The lowest BCUT2D eigenvalue weighted by Crippen LogP contribution is -2.40. The van der Waals surface area contributed by atoms with E-state index in [0.717, 1.165) is 15.6 Å². The van der Waals surface area contributed by atoms with Gasteiger partial charge in [0, 0.05) is 10.6 Å². The highest BCUT2D eigenvalue weighted by molar-refractivity contribution is 9.11. The first-order chi connectivity index (χ1) is 9.55. The molecule has 0 saturated carbocycles. The maximum atomic E-state index is 11.8. The number of carbonyl (C=O) groups is 2. The zero-order valence-corrected chi connectivity index (χ0v) is 12.3. The standard InChI is InChI=1S/C15H11BrNO3/c1-20-14(19)9-4-10-6-12(16)2-3-15(10)8-17-13(18)7-11(15)5-9/h2-7H,8H2,1H3. The predicted octanol–water partition coefficient (Wildman–Crippen LogP) is 1.93. The van der Waals surface area contributed by atoms with Crippen molar-refractivity contribution in [3.05, 3.63) is 57.7 Å². The van der Waals surface area contributed by atoms with Gasteiger partial charge in [0.15, 0.2) is 0 Å². The van der Waals surface area contributed by atoms with E-state index in [1.807, 2.05) is 18.2 Å². The van der Waals surface area contributed by atoms with Gasteiger partial charge in [0.05, 0.1) is 24.6 Å². The summed E-state index contributed by atoms with van der Waals surface area (Å²) in [5.41, 5.74) is 1.70. The van der Waals surface area contributed by atoms with Crippen LogP contribution in [0.15, 0.2) is 57.7 Å². The second-order valence-corrected chi connectivity index (χ2v) is 5.69. The van der Waals surface area contributed by atoms with Gasteiger partial charge in [0.2, 0.25) is 0 Å². The van der Waals surface area contributed by atoms with Gasteiger partial charge in [-0.1, -0.05) is 28.1 Å². The van der Waals surface area contributed by atoms with Gasteiger partial charge in [-0.2, -0.15) is 0 Å². The number of esters is 1.